The van der Waals surface area contributed by atoms with Crippen LogP contribution in [0.1, 0.15) is 12.5 Å². The van der Waals surface area contributed by atoms with Gasteiger partial charge >= 0.3 is 5.97 Å². The van der Waals surface area contributed by atoms with Crippen molar-refractivity contribution in [1.82, 2.24) is 20.2 Å². The quantitative estimate of drug-likeness (QED) is 0.758. The number of carbonyl (C=O) groups is 1. The van der Waals surface area contributed by atoms with E-state index in [0.29, 0.717) is 10.9 Å². The summed E-state index contributed by atoms with van der Waals surface area (Å²) in [6, 6.07) is 9.24. The Labute approximate surface area is 119 Å². The number of aliphatic hydroxyl groups is 1. The smallest absolute Gasteiger partial charge is 0.325 e. The fourth-order valence-corrected chi connectivity index (χ4v) is 2.53. The molecule has 0 saturated heterocycles. The van der Waals surface area contributed by atoms with Crippen molar-refractivity contribution in [3.8, 4) is 0 Å². The van der Waals surface area contributed by atoms with Crippen LogP contribution < -0.4 is 0 Å². The van der Waals surface area contributed by atoms with E-state index in [4.69, 9.17) is 5.11 Å². The fraction of sp³-hybridized carbons (Fsp3) is 0.333. The van der Waals surface area contributed by atoms with Crippen molar-refractivity contribution >= 4 is 17.7 Å². The van der Waals surface area contributed by atoms with E-state index >= 15 is 0 Å². The largest absolute Gasteiger partial charge is 0.480 e. The zero-order valence-electron chi connectivity index (χ0n) is 10.8. The van der Waals surface area contributed by atoms with Crippen LogP contribution >= 0.6 is 11.8 Å². The van der Waals surface area contributed by atoms with Crippen molar-refractivity contribution < 1.29 is 15.0 Å². The van der Waals surface area contributed by atoms with E-state index in [1.165, 1.54) is 16.4 Å². The van der Waals surface area contributed by atoms with Gasteiger partial charge in [-0.05, 0) is 22.9 Å². The highest BCUT2D eigenvalue weighted by atomic mass is 32.2. The van der Waals surface area contributed by atoms with Gasteiger partial charge in [-0.1, -0.05) is 42.1 Å². The summed E-state index contributed by atoms with van der Waals surface area (Å²) in [6.07, 6.45) is 0. The Balaban J connectivity index is 2.05. The molecule has 1 aromatic carbocycles. The molecule has 0 aliphatic heterocycles. The Bertz CT molecular complexity index is 585. The Kier molecular flexibility index (Phi) is 4.35. The highest BCUT2D eigenvalue weighted by Gasteiger charge is 2.24. The predicted molar refractivity (Wildman–Crippen MR) is 72.2 cm³/mol. The van der Waals surface area contributed by atoms with Gasteiger partial charge in [-0.3, -0.25) is 4.79 Å². The third kappa shape index (κ3) is 3.55. The van der Waals surface area contributed by atoms with Gasteiger partial charge in [0.1, 0.15) is 6.54 Å². The lowest BCUT2D eigenvalue weighted by molar-refractivity contribution is -0.138. The lowest BCUT2D eigenvalue weighted by atomic mass is 9.99. The van der Waals surface area contributed by atoms with Crippen molar-refractivity contribution in [2.24, 2.45) is 0 Å². The monoisotopic (exact) mass is 294 g/mol. The van der Waals surface area contributed by atoms with Gasteiger partial charge in [0, 0.05) is 5.75 Å². The van der Waals surface area contributed by atoms with E-state index < -0.39 is 11.6 Å². The van der Waals surface area contributed by atoms with E-state index in [2.05, 4.69) is 15.5 Å². The van der Waals surface area contributed by atoms with Crippen LogP contribution in [-0.4, -0.2) is 42.1 Å². The fourth-order valence-electron chi connectivity index (χ4n) is 1.61. The molecule has 0 saturated carbocycles. The topological polar surface area (TPSA) is 101 Å². The third-order valence-electron chi connectivity index (χ3n) is 2.66. The summed E-state index contributed by atoms with van der Waals surface area (Å²) in [7, 11) is 0. The first-order valence-electron chi connectivity index (χ1n) is 5.88. The molecule has 0 spiro atoms. The van der Waals surface area contributed by atoms with Gasteiger partial charge in [0.25, 0.3) is 0 Å². The Hall–Kier alpha value is -1.93. The number of aliphatic carboxylic acids is 1. The second-order valence-electron chi connectivity index (χ2n) is 4.44. The number of benzene rings is 1. The maximum Gasteiger partial charge on any atom is 0.325 e. The number of hydrogen-bond donors (Lipinski definition) is 2. The van der Waals surface area contributed by atoms with Crippen LogP contribution in [0.25, 0.3) is 0 Å². The number of carboxylic acids is 1. The van der Waals surface area contributed by atoms with Gasteiger partial charge in [0.05, 0.1) is 5.60 Å². The highest BCUT2D eigenvalue weighted by molar-refractivity contribution is 7.99. The molecule has 2 aromatic rings. The Morgan fingerprint density at radius 1 is 1.40 bits per heavy atom. The molecule has 2 rings (SSSR count). The molecule has 0 fully saturated rings. The normalized spacial score (nSPS) is 13.9. The molecule has 1 heterocycles. The van der Waals surface area contributed by atoms with Gasteiger partial charge in [-0.15, -0.1) is 5.10 Å². The zero-order valence-corrected chi connectivity index (χ0v) is 11.6. The van der Waals surface area contributed by atoms with E-state index in [0.717, 1.165) is 5.56 Å². The molecule has 0 bridgehead atoms. The average Bonchev–Trinajstić information content (AvgIpc) is 2.84. The second kappa shape index (κ2) is 6.02. The van der Waals surface area contributed by atoms with E-state index in [9.17, 15) is 9.90 Å². The first-order valence-corrected chi connectivity index (χ1v) is 6.86. The molecule has 1 unspecified atom stereocenters. The van der Waals surface area contributed by atoms with E-state index in [1.54, 1.807) is 6.92 Å². The third-order valence-corrected chi connectivity index (χ3v) is 3.92. The number of rotatable bonds is 6. The van der Waals surface area contributed by atoms with Gasteiger partial charge in [-0.25, -0.2) is 4.68 Å². The van der Waals surface area contributed by atoms with Crippen molar-refractivity contribution in [3.63, 3.8) is 0 Å². The number of thioether (sulfide) groups is 1. The first-order chi connectivity index (χ1) is 9.49. The van der Waals surface area contributed by atoms with Gasteiger partial charge in [0.15, 0.2) is 0 Å². The summed E-state index contributed by atoms with van der Waals surface area (Å²) in [5, 5.41) is 30.4. The van der Waals surface area contributed by atoms with Gasteiger partial charge in [-0.2, -0.15) is 0 Å². The summed E-state index contributed by atoms with van der Waals surface area (Å²) in [6.45, 7) is 1.39. The van der Waals surface area contributed by atoms with Gasteiger partial charge < -0.3 is 10.2 Å². The minimum atomic E-state index is -1.05. The highest BCUT2D eigenvalue weighted by Crippen LogP contribution is 2.27. The molecule has 7 nitrogen and oxygen atoms in total. The van der Waals surface area contributed by atoms with Crippen LogP contribution in [0.15, 0.2) is 35.5 Å². The SMILES string of the molecule is CC(O)(CSc1nnnn1CC(=O)O)c1ccccc1. The van der Waals surface area contributed by atoms with Crippen molar-refractivity contribution in [2.75, 3.05) is 5.75 Å². The van der Waals surface area contributed by atoms with E-state index in [1.807, 2.05) is 30.3 Å². The molecular formula is C12H14N4O3S. The zero-order chi connectivity index (χ0) is 14.6. The van der Waals surface area contributed by atoms with Crippen LogP contribution in [-0.2, 0) is 16.9 Å². The van der Waals surface area contributed by atoms with E-state index in [-0.39, 0.29) is 6.54 Å². The number of aromatic nitrogens is 4. The second-order valence-corrected chi connectivity index (χ2v) is 5.38. The molecule has 1 aromatic heterocycles. The lowest BCUT2D eigenvalue weighted by Crippen LogP contribution is -2.24. The van der Waals surface area contributed by atoms with Gasteiger partial charge in [0.2, 0.25) is 5.16 Å². The van der Waals surface area contributed by atoms with Crippen molar-refractivity contribution in [2.45, 2.75) is 24.2 Å². The molecule has 0 radical (unpaired) electrons. The first kappa shape index (κ1) is 14.5. The summed E-state index contributed by atoms with van der Waals surface area (Å²) < 4.78 is 1.19. The minimum Gasteiger partial charge on any atom is -0.480 e. The summed E-state index contributed by atoms with van der Waals surface area (Å²) in [4.78, 5) is 10.7. The van der Waals surface area contributed by atoms with Crippen LogP contribution in [0.2, 0.25) is 0 Å². The Morgan fingerprint density at radius 3 is 2.75 bits per heavy atom. The molecule has 8 heteroatoms. The number of tetrazole rings is 1. The standard InChI is InChI=1S/C12H14N4O3S/c1-12(19,9-5-3-2-4-6-9)8-20-11-13-14-15-16(11)7-10(17)18/h2-6,19H,7-8H2,1H3,(H,17,18). The molecule has 1 atom stereocenters. The van der Waals surface area contributed by atoms with Crippen LogP contribution in [0.3, 0.4) is 0 Å². The average molecular weight is 294 g/mol. The molecule has 0 aliphatic rings. The lowest BCUT2D eigenvalue weighted by Gasteiger charge is -2.22. The van der Waals surface area contributed by atoms with Crippen molar-refractivity contribution in [1.29, 1.82) is 0 Å². The number of hydrogen-bond acceptors (Lipinski definition) is 6. The minimum absolute atomic E-state index is 0.303. The molecular weight excluding hydrogens is 280 g/mol. The predicted octanol–water partition coefficient (Wildman–Crippen LogP) is 0.757. The van der Waals surface area contributed by atoms with Crippen LogP contribution in [0, 0.1) is 0 Å². The summed E-state index contributed by atoms with van der Waals surface area (Å²) >= 11 is 1.21. The van der Waals surface area contributed by atoms with Crippen molar-refractivity contribution in [3.05, 3.63) is 35.9 Å². The molecule has 0 amide bonds. The Morgan fingerprint density at radius 2 is 2.10 bits per heavy atom. The molecule has 2 N–H and O–H groups in total. The molecule has 106 valence electrons. The number of nitrogens with zero attached hydrogens (tertiary/aromatic N) is 4. The van der Waals surface area contributed by atoms with Crippen LogP contribution in [0.5, 0.6) is 0 Å². The molecule has 0 aliphatic carbocycles. The number of carboxylic acid groups (broad SMARTS) is 1. The summed E-state index contributed by atoms with van der Waals surface area (Å²) in [5.41, 5.74) is -0.267. The van der Waals surface area contributed by atoms with Crippen LogP contribution in [0.4, 0.5) is 0 Å². The maximum atomic E-state index is 10.7. The summed E-state index contributed by atoms with van der Waals surface area (Å²) in [5.74, 6) is -0.703. The molecule has 20 heavy (non-hydrogen) atoms. The maximum absolute atomic E-state index is 10.7.